The Labute approximate surface area is 157 Å². The topological polar surface area (TPSA) is 66.9 Å². The highest BCUT2D eigenvalue weighted by molar-refractivity contribution is 6.30. The minimum atomic E-state index is -0.258. The van der Waals surface area contributed by atoms with Gasteiger partial charge < -0.3 is 10.6 Å². The van der Waals surface area contributed by atoms with Crippen molar-refractivity contribution < 1.29 is 4.79 Å². The van der Waals surface area contributed by atoms with E-state index in [1.165, 1.54) is 5.56 Å². The van der Waals surface area contributed by atoms with E-state index in [0.29, 0.717) is 23.2 Å². The lowest BCUT2D eigenvalue weighted by Gasteiger charge is -2.08. The zero-order valence-electron chi connectivity index (χ0n) is 14.4. The average Bonchev–Trinajstić information content (AvgIpc) is 2.68. The Morgan fingerprint density at radius 2 is 1.69 bits per heavy atom. The molecule has 2 N–H and O–H groups in total. The Kier molecular flexibility index (Phi) is 5.81. The van der Waals surface area contributed by atoms with Crippen LogP contribution in [0, 0.1) is 0 Å². The van der Waals surface area contributed by atoms with E-state index in [4.69, 9.17) is 11.6 Å². The molecule has 0 saturated carbocycles. The van der Waals surface area contributed by atoms with Crippen molar-refractivity contribution in [2.24, 2.45) is 0 Å². The van der Waals surface area contributed by atoms with Gasteiger partial charge in [0.25, 0.3) is 5.91 Å². The zero-order chi connectivity index (χ0) is 18.4. The van der Waals surface area contributed by atoms with Gasteiger partial charge in [-0.25, -0.2) is 9.97 Å². The van der Waals surface area contributed by atoms with Gasteiger partial charge in [-0.3, -0.25) is 4.79 Å². The average molecular weight is 367 g/mol. The summed E-state index contributed by atoms with van der Waals surface area (Å²) in [6.07, 6.45) is 2.55. The predicted octanol–water partition coefficient (Wildman–Crippen LogP) is 4.37. The first kappa shape index (κ1) is 17.9. The SMILES string of the molecule is CCc1ccc(Nc2nccc(C(=O)NCc3ccc(Cl)cc3)n2)cc1. The number of carbonyl (C=O) groups is 1. The molecule has 1 aromatic heterocycles. The Hall–Kier alpha value is -2.92. The van der Waals surface area contributed by atoms with Crippen LogP contribution in [-0.2, 0) is 13.0 Å². The summed E-state index contributed by atoms with van der Waals surface area (Å²) < 4.78 is 0. The molecular formula is C20H19ClN4O. The van der Waals surface area contributed by atoms with Gasteiger partial charge in [-0.15, -0.1) is 0 Å². The lowest BCUT2D eigenvalue weighted by molar-refractivity contribution is 0.0946. The zero-order valence-corrected chi connectivity index (χ0v) is 15.1. The van der Waals surface area contributed by atoms with Crippen molar-refractivity contribution in [1.82, 2.24) is 15.3 Å². The fraction of sp³-hybridized carbons (Fsp3) is 0.150. The minimum absolute atomic E-state index is 0.258. The Balaban J connectivity index is 1.63. The van der Waals surface area contributed by atoms with E-state index >= 15 is 0 Å². The molecule has 0 saturated heterocycles. The number of rotatable bonds is 6. The van der Waals surface area contributed by atoms with Crippen molar-refractivity contribution >= 4 is 29.1 Å². The lowest BCUT2D eigenvalue weighted by atomic mass is 10.1. The molecule has 0 spiro atoms. The summed E-state index contributed by atoms with van der Waals surface area (Å²) in [6.45, 7) is 2.51. The van der Waals surface area contributed by atoms with Crippen molar-refractivity contribution in [3.63, 3.8) is 0 Å². The van der Waals surface area contributed by atoms with E-state index < -0.39 is 0 Å². The van der Waals surface area contributed by atoms with Crippen LogP contribution in [0.4, 0.5) is 11.6 Å². The maximum absolute atomic E-state index is 12.3. The smallest absolute Gasteiger partial charge is 0.270 e. The highest BCUT2D eigenvalue weighted by atomic mass is 35.5. The summed E-state index contributed by atoms with van der Waals surface area (Å²) >= 11 is 5.86. The molecule has 1 amide bonds. The van der Waals surface area contributed by atoms with Crippen molar-refractivity contribution in [1.29, 1.82) is 0 Å². The summed E-state index contributed by atoms with van der Waals surface area (Å²) in [5.74, 6) is 0.125. The van der Waals surface area contributed by atoms with Gasteiger partial charge >= 0.3 is 0 Å². The number of aryl methyl sites for hydroxylation is 1. The van der Waals surface area contributed by atoms with E-state index in [9.17, 15) is 4.79 Å². The quantitative estimate of drug-likeness (QED) is 0.680. The molecule has 0 aliphatic rings. The van der Waals surface area contributed by atoms with Gasteiger partial charge in [-0.2, -0.15) is 0 Å². The summed E-state index contributed by atoms with van der Waals surface area (Å²) in [6, 6.07) is 16.9. The summed E-state index contributed by atoms with van der Waals surface area (Å²) in [7, 11) is 0. The summed E-state index contributed by atoms with van der Waals surface area (Å²) in [4.78, 5) is 20.8. The molecule has 0 radical (unpaired) electrons. The molecule has 2 aromatic carbocycles. The number of hydrogen-bond acceptors (Lipinski definition) is 4. The Bertz CT molecular complexity index is 879. The first-order valence-electron chi connectivity index (χ1n) is 8.35. The summed E-state index contributed by atoms with van der Waals surface area (Å²) in [5.41, 5.74) is 3.40. The van der Waals surface area contributed by atoms with Crippen molar-refractivity contribution in [3.05, 3.63) is 82.6 Å². The van der Waals surface area contributed by atoms with Crippen LogP contribution in [0.3, 0.4) is 0 Å². The van der Waals surface area contributed by atoms with Crippen molar-refractivity contribution in [2.45, 2.75) is 19.9 Å². The molecule has 0 atom stereocenters. The monoisotopic (exact) mass is 366 g/mol. The van der Waals surface area contributed by atoms with Crippen LogP contribution in [0.2, 0.25) is 5.02 Å². The van der Waals surface area contributed by atoms with Crippen LogP contribution < -0.4 is 10.6 Å². The number of anilines is 2. The van der Waals surface area contributed by atoms with Gasteiger partial charge in [0.05, 0.1) is 0 Å². The number of amides is 1. The number of aromatic nitrogens is 2. The first-order chi connectivity index (χ1) is 12.6. The molecular weight excluding hydrogens is 348 g/mol. The molecule has 3 rings (SSSR count). The Morgan fingerprint density at radius 3 is 2.38 bits per heavy atom. The normalized spacial score (nSPS) is 10.4. The number of benzene rings is 2. The molecule has 3 aromatic rings. The molecule has 0 unspecified atom stereocenters. The van der Waals surface area contributed by atoms with E-state index in [2.05, 4.69) is 27.5 Å². The number of nitrogens with zero attached hydrogens (tertiary/aromatic N) is 2. The molecule has 0 aliphatic carbocycles. The molecule has 26 heavy (non-hydrogen) atoms. The highest BCUT2D eigenvalue weighted by Gasteiger charge is 2.09. The fourth-order valence-electron chi connectivity index (χ4n) is 2.37. The summed E-state index contributed by atoms with van der Waals surface area (Å²) in [5, 5.41) is 6.62. The third-order valence-corrected chi connectivity index (χ3v) is 4.12. The van der Waals surface area contributed by atoms with Crippen molar-refractivity contribution in [3.8, 4) is 0 Å². The third kappa shape index (κ3) is 4.80. The van der Waals surface area contributed by atoms with Gasteiger partial charge in [0, 0.05) is 23.5 Å². The van der Waals surface area contributed by atoms with Crippen molar-refractivity contribution in [2.75, 3.05) is 5.32 Å². The van der Waals surface area contributed by atoms with E-state index in [1.54, 1.807) is 24.4 Å². The molecule has 1 heterocycles. The maximum atomic E-state index is 12.3. The number of nitrogens with one attached hydrogen (secondary N) is 2. The number of halogens is 1. The fourth-order valence-corrected chi connectivity index (χ4v) is 2.50. The molecule has 0 bridgehead atoms. The predicted molar refractivity (Wildman–Crippen MR) is 104 cm³/mol. The molecule has 132 valence electrons. The number of hydrogen-bond donors (Lipinski definition) is 2. The molecule has 0 aliphatic heterocycles. The lowest BCUT2D eigenvalue weighted by Crippen LogP contribution is -2.24. The van der Waals surface area contributed by atoms with Gasteiger partial charge in [-0.05, 0) is 47.9 Å². The standard InChI is InChI=1S/C20H19ClN4O/c1-2-14-5-9-17(10-6-14)24-20-22-12-11-18(25-20)19(26)23-13-15-3-7-16(21)8-4-15/h3-12H,2,13H2,1H3,(H,23,26)(H,22,24,25). The van der Waals surface area contributed by atoms with Crippen LogP contribution in [0.25, 0.3) is 0 Å². The second-order valence-electron chi connectivity index (χ2n) is 5.75. The molecule has 0 fully saturated rings. The van der Waals surface area contributed by atoms with Crippen LogP contribution >= 0.6 is 11.6 Å². The highest BCUT2D eigenvalue weighted by Crippen LogP contribution is 2.14. The maximum Gasteiger partial charge on any atom is 0.270 e. The van der Waals surface area contributed by atoms with E-state index in [-0.39, 0.29) is 5.91 Å². The van der Waals surface area contributed by atoms with Crippen LogP contribution in [0.1, 0.15) is 28.5 Å². The van der Waals surface area contributed by atoms with Gasteiger partial charge in [-0.1, -0.05) is 42.8 Å². The van der Waals surface area contributed by atoms with Crippen LogP contribution in [0.15, 0.2) is 60.8 Å². The van der Waals surface area contributed by atoms with Gasteiger partial charge in [0.1, 0.15) is 5.69 Å². The second kappa shape index (κ2) is 8.45. The van der Waals surface area contributed by atoms with E-state index in [0.717, 1.165) is 17.7 Å². The van der Waals surface area contributed by atoms with Crippen LogP contribution in [-0.4, -0.2) is 15.9 Å². The third-order valence-electron chi connectivity index (χ3n) is 3.87. The van der Waals surface area contributed by atoms with Gasteiger partial charge in [0.2, 0.25) is 5.95 Å². The molecule has 6 heteroatoms. The first-order valence-corrected chi connectivity index (χ1v) is 8.73. The van der Waals surface area contributed by atoms with Crippen LogP contribution in [0.5, 0.6) is 0 Å². The molecule has 5 nitrogen and oxygen atoms in total. The largest absolute Gasteiger partial charge is 0.347 e. The number of carbonyl (C=O) groups excluding carboxylic acids is 1. The van der Waals surface area contributed by atoms with Gasteiger partial charge in [0.15, 0.2) is 0 Å². The minimum Gasteiger partial charge on any atom is -0.347 e. The second-order valence-corrected chi connectivity index (χ2v) is 6.19. The van der Waals surface area contributed by atoms with E-state index in [1.807, 2.05) is 36.4 Å². The Morgan fingerprint density at radius 1 is 1.00 bits per heavy atom.